The van der Waals surface area contributed by atoms with Gasteiger partial charge in [0.1, 0.15) is 0 Å². The van der Waals surface area contributed by atoms with Crippen LogP contribution in [0.3, 0.4) is 0 Å². The normalized spacial score (nSPS) is 14.3. The Morgan fingerprint density at radius 2 is 1.94 bits per heavy atom. The van der Waals surface area contributed by atoms with Gasteiger partial charge in [-0.25, -0.2) is 0 Å². The average molecular weight is 467 g/mol. The van der Waals surface area contributed by atoms with E-state index in [4.69, 9.17) is 20.4 Å². The lowest BCUT2D eigenvalue weighted by atomic mass is 10.0. The Kier molecular flexibility index (Phi) is 9.07. The molecule has 0 unspecified atom stereocenters. The molecule has 1 saturated heterocycles. The van der Waals surface area contributed by atoms with Crippen LogP contribution in [-0.4, -0.2) is 55.6 Å². The number of carboxylic acids is 1. The summed E-state index contributed by atoms with van der Waals surface area (Å²) in [5.74, 6) is -0.266. The second-order valence-corrected chi connectivity index (χ2v) is 8.58. The minimum Gasteiger partial charge on any atom is -0.480 e. The van der Waals surface area contributed by atoms with Crippen molar-refractivity contribution in [2.45, 2.75) is 32.4 Å². The van der Waals surface area contributed by atoms with Crippen molar-refractivity contribution in [2.24, 2.45) is 10.9 Å². The number of carboxylic acid groups (broad SMARTS) is 1. The predicted molar refractivity (Wildman–Crippen MR) is 134 cm³/mol. The van der Waals surface area contributed by atoms with E-state index in [2.05, 4.69) is 22.7 Å². The van der Waals surface area contributed by atoms with Crippen LogP contribution in [0.2, 0.25) is 0 Å². The number of likely N-dealkylation sites (N-methyl/N-ethyl adjacent to an activating group) is 1. The second kappa shape index (κ2) is 12.2. The number of ether oxygens (including phenoxy) is 1. The molecule has 2 aromatic rings. The molecule has 8 heteroatoms. The maximum Gasteiger partial charge on any atom is 0.317 e. The minimum absolute atomic E-state index is 0.0433. The van der Waals surface area contributed by atoms with E-state index in [1.165, 1.54) is 24.9 Å². The van der Waals surface area contributed by atoms with Crippen LogP contribution < -0.4 is 10.6 Å². The van der Waals surface area contributed by atoms with Gasteiger partial charge < -0.3 is 25.3 Å². The first-order valence-electron chi connectivity index (χ1n) is 11.4. The highest BCUT2D eigenvalue weighted by atomic mass is 16.6. The molecule has 0 spiro atoms. The summed E-state index contributed by atoms with van der Waals surface area (Å²) in [5, 5.41) is 13.0. The van der Waals surface area contributed by atoms with Crippen molar-refractivity contribution in [1.29, 1.82) is 0 Å². The van der Waals surface area contributed by atoms with E-state index in [1.807, 2.05) is 36.4 Å². The quantitative estimate of drug-likeness (QED) is 0.226. The molecule has 182 valence electrons. The van der Waals surface area contributed by atoms with Crippen molar-refractivity contribution in [1.82, 2.24) is 4.90 Å². The molecule has 1 aliphatic rings. The SMILES string of the molecule is C=C(O/N=C(\N)c1cccc(CN(C)CC(=O)O)c1)c1ccc(N2CCCCC2)c(COC)c1. The smallest absolute Gasteiger partial charge is 0.317 e. The zero-order valence-electron chi connectivity index (χ0n) is 20.0. The molecular formula is C26H34N4O4. The van der Waals surface area contributed by atoms with Crippen molar-refractivity contribution < 1.29 is 19.5 Å². The summed E-state index contributed by atoms with van der Waals surface area (Å²) in [4.78, 5) is 20.6. The van der Waals surface area contributed by atoms with Crippen molar-refractivity contribution in [3.8, 4) is 0 Å². The molecule has 0 aromatic heterocycles. The van der Waals surface area contributed by atoms with Gasteiger partial charge in [-0.1, -0.05) is 29.9 Å². The van der Waals surface area contributed by atoms with E-state index in [-0.39, 0.29) is 12.4 Å². The van der Waals surface area contributed by atoms with Crippen molar-refractivity contribution >= 4 is 23.3 Å². The Morgan fingerprint density at radius 3 is 2.65 bits per heavy atom. The molecule has 1 aliphatic heterocycles. The monoisotopic (exact) mass is 466 g/mol. The lowest BCUT2D eigenvalue weighted by molar-refractivity contribution is -0.138. The van der Waals surface area contributed by atoms with E-state index < -0.39 is 5.97 Å². The Bertz CT molecular complexity index is 1030. The number of nitrogens with two attached hydrogens (primary N) is 1. The molecule has 1 heterocycles. The van der Waals surface area contributed by atoms with Crippen LogP contribution in [0.25, 0.3) is 5.76 Å². The van der Waals surface area contributed by atoms with Crippen LogP contribution in [0.15, 0.2) is 54.2 Å². The molecule has 1 fully saturated rings. The number of aliphatic carboxylic acids is 1. The number of piperidine rings is 1. The average Bonchev–Trinajstić information content (AvgIpc) is 2.82. The molecule has 0 bridgehead atoms. The highest BCUT2D eigenvalue weighted by Gasteiger charge is 2.16. The molecule has 34 heavy (non-hydrogen) atoms. The number of nitrogens with zero attached hydrogens (tertiary/aromatic N) is 3. The number of amidine groups is 1. The fraction of sp³-hybridized carbons (Fsp3) is 0.385. The standard InChI is InChI=1S/C26H34N4O4/c1-19(21-10-11-24(23(15-21)18-33-3)30-12-5-4-6-13-30)34-28-26(27)22-9-7-8-20(14-22)16-29(2)17-25(31)32/h7-11,14-15H,1,4-6,12-13,16-18H2,2-3H3,(H2,27,28)(H,31,32). The topological polar surface area (TPSA) is 101 Å². The first-order valence-corrected chi connectivity index (χ1v) is 11.4. The molecule has 0 aliphatic carbocycles. The van der Waals surface area contributed by atoms with Crippen LogP contribution in [0.4, 0.5) is 5.69 Å². The van der Waals surface area contributed by atoms with Crippen LogP contribution in [-0.2, 0) is 27.5 Å². The van der Waals surface area contributed by atoms with Gasteiger partial charge in [-0.3, -0.25) is 9.69 Å². The number of methoxy groups -OCH3 is 1. The van der Waals surface area contributed by atoms with Gasteiger partial charge in [-0.15, -0.1) is 0 Å². The van der Waals surface area contributed by atoms with Gasteiger partial charge in [0.15, 0.2) is 11.6 Å². The number of benzene rings is 2. The summed E-state index contributed by atoms with van der Waals surface area (Å²) in [5.41, 5.74) is 10.9. The fourth-order valence-electron chi connectivity index (χ4n) is 4.11. The highest BCUT2D eigenvalue weighted by Crippen LogP contribution is 2.28. The number of hydrogen-bond acceptors (Lipinski definition) is 6. The largest absolute Gasteiger partial charge is 0.480 e. The third kappa shape index (κ3) is 7.07. The van der Waals surface area contributed by atoms with Crippen LogP contribution in [0.5, 0.6) is 0 Å². The molecule has 3 N–H and O–H groups in total. The van der Waals surface area contributed by atoms with Crippen LogP contribution >= 0.6 is 0 Å². The summed E-state index contributed by atoms with van der Waals surface area (Å²) in [6.45, 7) is 7.06. The summed E-state index contributed by atoms with van der Waals surface area (Å²) in [6, 6.07) is 13.6. The first-order chi connectivity index (χ1) is 16.4. The summed E-state index contributed by atoms with van der Waals surface area (Å²) in [6.07, 6.45) is 3.68. The summed E-state index contributed by atoms with van der Waals surface area (Å²) < 4.78 is 5.43. The third-order valence-electron chi connectivity index (χ3n) is 5.73. The zero-order valence-corrected chi connectivity index (χ0v) is 20.0. The Morgan fingerprint density at radius 1 is 1.18 bits per heavy atom. The maximum atomic E-state index is 10.9. The van der Waals surface area contributed by atoms with E-state index in [0.29, 0.717) is 24.5 Å². The highest BCUT2D eigenvalue weighted by molar-refractivity contribution is 5.97. The molecular weight excluding hydrogens is 432 g/mol. The fourth-order valence-corrected chi connectivity index (χ4v) is 4.11. The van der Waals surface area contributed by atoms with Gasteiger partial charge in [0, 0.05) is 49.1 Å². The number of carbonyl (C=O) groups is 1. The first kappa shape index (κ1) is 25.3. The van der Waals surface area contributed by atoms with E-state index >= 15 is 0 Å². The number of anilines is 1. The predicted octanol–water partition coefficient (Wildman–Crippen LogP) is 3.65. The van der Waals surface area contributed by atoms with Gasteiger partial charge in [0.05, 0.1) is 13.2 Å². The summed E-state index contributed by atoms with van der Waals surface area (Å²) in [7, 11) is 3.44. The third-order valence-corrected chi connectivity index (χ3v) is 5.73. The van der Waals surface area contributed by atoms with Gasteiger partial charge in [-0.05, 0) is 56.1 Å². The second-order valence-electron chi connectivity index (χ2n) is 8.58. The van der Waals surface area contributed by atoms with Gasteiger partial charge in [0.25, 0.3) is 0 Å². The molecule has 3 rings (SSSR count). The van der Waals surface area contributed by atoms with Gasteiger partial charge in [-0.2, -0.15) is 0 Å². The maximum absolute atomic E-state index is 10.9. The van der Waals surface area contributed by atoms with E-state index in [0.717, 1.165) is 29.8 Å². The number of oxime groups is 1. The number of rotatable bonds is 11. The lowest BCUT2D eigenvalue weighted by Crippen LogP contribution is -2.30. The van der Waals surface area contributed by atoms with Crippen molar-refractivity contribution in [3.05, 3.63) is 71.3 Å². The Hall–Kier alpha value is -3.36. The molecule has 0 amide bonds. The zero-order chi connectivity index (χ0) is 24.5. The van der Waals surface area contributed by atoms with Gasteiger partial charge in [0.2, 0.25) is 0 Å². The Balaban J connectivity index is 1.69. The van der Waals surface area contributed by atoms with Crippen LogP contribution in [0, 0.1) is 0 Å². The van der Waals surface area contributed by atoms with Gasteiger partial charge >= 0.3 is 5.97 Å². The molecule has 0 atom stereocenters. The molecule has 0 radical (unpaired) electrons. The molecule has 2 aromatic carbocycles. The minimum atomic E-state index is -0.871. The lowest BCUT2D eigenvalue weighted by Gasteiger charge is -2.30. The summed E-state index contributed by atoms with van der Waals surface area (Å²) >= 11 is 0. The Labute approximate surface area is 201 Å². The van der Waals surface area contributed by atoms with E-state index in [9.17, 15) is 4.79 Å². The van der Waals surface area contributed by atoms with Crippen molar-refractivity contribution in [3.63, 3.8) is 0 Å². The molecule has 8 nitrogen and oxygen atoms in total. The molecule has 0 saturated carbocycles. The van der Waals surface area contributed by atoms with Crippen LogP contribution in [0.1, 0.15) is 41.5 Å². The van der Waals surface area contributed by atoms with Crippen molar-refractivity contribution in [2.75, 3.05) is 38.7 Å². The van der Waals surface area contributed by atoms with E-state index in [1.54, 1.807) is 19.1 Å². The number of hydrogen-bond donors (Lipinski definition) is 2.